The van der Waals surface area contributed by atoms with Crippen LogP contribution in [0.3, 0.4) is 0 Å². The van der Waals surface area contributed by atoms with Gasteiger partial charge in [0.2, 0.25) is 0 Å². The Hall–Kier alpha value is -0.570. The average Bonchev–Trinajstić information content (AvgIpc) is 2.27. The van der Waals surface area contributed by atoms with E-state index in [4.69, 9.17) is 10.5 Å². The molecule has 2 N–H and O–H groups in total. The number of ether oxygens (including phenoxy) is 1. The minimum absolute atomic E-state index is 0.0218. The van der Waals surface area contributed by atoms with Crippen LogP contribution in [0.15, 0.2) is 0 Å². The Morgan fingerprint density at radius 1 is 1.22 bits per heavy atom. The zero-order chi connectivity index (χ0) is 13.0. The van der Waals surface area contributed by atoms with Gasteiger partial charge in [-0.1, -0.05) is 0 Å². The molecule has 4 bridgehead atoms. The van der Waals surface area contributed by atoms with Crippen LogP contribution in [0.1, 0.15) is 52.4 Å². The van der Waals surface area contributed by atoms with Crippen molar-refractivity contribution < 1.29 is 9.53 Å². The summed E-state index contributed by atoms with van der Waals surface area (Å²) in [7, 11) is 0. The van der Waals surface area contributed by atoms with E-state index in [-0.39, 0.29) is 11.4 Å². The molecule has 4 fully saturated rings. The van der Waals surface area contributed by atoms with E-state index in [9.17, 15) is 4.79 Å². The summed E-state index contributed by atoms with van der Waals surface area (Å²) in [6.45, 7) is 4.20. The highest BCUT2D eigenvalue weighted by molar-refractivity contribution is 5.81. The molecule has 0 aromatic heterocycles. The molecule has 0 heterocycles. The molecule has 4 rings (SSSR count). The molecule has 0 aromatic carbocycles. The predicted octanol–water partition coefficient (Wildman–Crippen LogP) is 2.48. The van der Waals surface area contributed by atoms with Gasteiger partial charge in [0, 0.05) is 0 Å². The van der Waals surface area contributed by atoms with Crippen LogP contribution in [0.5, 0.6) is 0 Å². The summed E-state index contributed by atoms with van der Waals surface area (Å²) in [5, 5.41) is 0. The number of esters is 1. The van der Waals surface area contributed by atoms with Crippen molar-refractivity contribution in [3.8, 4) is 0 Å². The van der Waals surface area contributed by atoms with Crippen molar-refractivity contribution in [2.75, 3.05) is 6.61 Å². The Morgan fingerprint density at radius 2 is 1.67 bits per heavy atom. The SMILES string of the molecule is CCOC(=O)C(C)(N)C12CC3CC(CC(C3)C1)C2. The molecule has 1 atom stereocenters. The third-order valence-corrected chi connectivity index (χ3v) is 5.84. The quantitative estimate of drug-likeness (QED) is 0.784. The molecule has 1 unspecified atom stereocenters. The molecule has 102 valence electrons. The molecule has 4 saturated carbocycles. The minimum atomic E-state index is -0.793. The zero-order valence-electron chi connectivity index (χ0n) is 11.6. The van der Waals surface area contributed by atoms with E-state index in [0.717, 1.165) is 37.0 Å². The van der Waals surface area contributed by atoms with Crippen LogP contribution in [-0.4, -0.2) is 18.1 Å². The molecule has 4 aliphatic rings. The van der Waals surface area contributed by atoms with Gasteiger partial charge in [0.15, 0.2) is 0 Å². The van der Waals surface area contributed by atoms with E-state index >= 15 is 0 Å². The second-order valence-electron chi connectivity index (χ2n) is 7.12. The maximum atomic E-state index is 12.2. The molecule has 3 heteroatoms. The van der Waals surface area contributed by atoms with Crippen molar-refractivity contribution >= 4 is 5.97 Å². The predicted molar refractivity (Wildman–Crippen MR) is 69.8 cm³/mol. The van der Waals surface area contributed by atoms with Crippen LogP contribution in [0.25, 0.3) is 0 Å². The van der Waals surface area contributed by atoms with Crippen molar-refractivity contribution in [2.24, 2.45) is 28.9 Å². The van der Waals surface area contributed by atoms with Crippen molar-refractivity contribution in [1.29, 1.82) is 0 Å². The van der Waals surface area contributed by atoms with E-state index in [2.05, 4.69) is 0 Å². The fraction of sp³-hybridized carbons (Fsp3) is 0.933. The van der Waals surface area contributed by atoms with Crippen molar-refractivity contribution in [3.63, 3.8) is 0 Å². The number of carbonyl (C=O) groups excluding carboxylic acids is 1. The Morgan fingerprint density at radius 3 is 2.06 bits per heavy atom. The summed E-state index contributed by atoms with van der Waals surface area (Å²) < 4.78 is 5.23. The Labute approximate surface area is 109 Å². The van der Waals surface area contributed by atoms with Crippen LogP contribution in [0.4, 0.5) is 0 Å². The first-order valence-corrected chi connectivity index (χ1v) is 7.43. The normalized spacial score (nSPS) is 44.7. The van der Waals surface area contributed by atoms with Gasteiger partial charge in [-0.25, -0.2) is 0 Å². The van der Waals surface area contributed by atoms with Crippen molar-refractivity contribution in [3.05, 3.63) is 0 Å². The first-order chi connectivity index (χ1) is 8.47. The lowest BCUT2D eigenvalue weighted by Crippen LogP contribution is -2.65. The van der Waals surface area contributed by atoms with Crippen LogP contribution in [-0.2, 0) is 9.53 Å². The second-order valence-corrected chi connectivity index (χ2v) is 7.12. The van der Waals surface area contributed by atoms with Gasteiger partial charge >= 0.3 is 5.97 Å². The van der Waals surface area contributed by atoms with Gasteiger partial charge in [0.25, 0.3) is 0 Å². The van der Waals surface area contributed by atoms with E-state index < -0.39 is 5.54 Å². The highest BCUT2D eigenvalue weighted by Gasteiger charge is 2.60. The van der Waals surface area contributed by atoms with Gasteiger partial charge in [0.1, 0.15) is 5.54 Å². The van der Waals surface area contributed by atoms with Gasteiger partial charge in [-0.05, 0) is 75.5 Å². The molecule has 0 aromatic rings. The molecular formula is C15H25NO2. The maximum Gasteiger partial charge on any atom is 0.326 e. The lowest BCUT2D eigenvalue weighted by Gasteiger charge is -2.61. The molecule has 4 aliphatic carbocycles. The summed E-state index contributed by atoms with van der Waals surface area (Å²) in [6, 6.07) is 0. The topological polar surface area (TPSA) is 52.3 Å². The largest absolute Gasteiger partial charge is 0.465 e. The van der Waals surface area contributed by atoms with Crippen LogP contribution in [0.2, 0.25) is 0 Å². The van der Waals surface area contributed by atoms with Gasteiger partial charge in [-0.15, -0.1) is 0 Å². The van der Waals surface area contributed by atoms with Crippen LogP contribution >= 0.6 is 0 Å². The van der Waals surface area contributed by atoms with Gasteiger partial charge < -0.3 is 10.5 Å². The van der Waals surface area contributed by atoms with E-state index in [1.54, 1.807) is 0 Å². The fourth-order valence-electron chi connectivity index (χ4n) is 5.24. The number of nitrogens with two attached hydrogens (primary N) is 1. The maximum absolute atomic E-state index is 12.2. The number of hydrogen-bond acceptors (Lipinski definition) is 3. The van der Waals surface area contributed by atoms with E-state index in [1.165, 1.54) is 19.3 Å². The zero-order valence-corrected chi connectivity index (χ0v) is 11.6. The number of hydrogen-bond donors (Lipinski definition) is 1. The summed E-state index contributed by atoms with van der Waals surface area (Å²) in [5.41, 5.74) is 5.70. The minimum Gasteiger partial charge on any atom is -0.465 e. The molecule has 0 radical (unpaired) electrons. The van der Waals surface area contributed by atoms with E-state index in [0.29, 0.717) is 6.61 Å². The van der Waals surface area contributed by atoms with Gasteiger partial charge in [-0.2, -0.15) is 0 Å². The van der Waals surface area contributed by atoms with Crippen LogP contribution in [0, 0.1) is 23.2 Å². The average molecular weight is 251 g/mol. The third-order valence-electron chi connectivity index (χ3n) is 5.84. The first-order valence-electron chi connectivity index (χ1n) is 7.43. The van der Waals surface area contributed by atoms with Gasteiger partial charge in [0.05, 0.1) is 6.61 Å². The highest BCUT2D eigenvalue weighted by atomic mass is 16.5. The second kappa shape index (κ2) is 3.96. The number of carbonyl (C=O) groups is 1. The summed E-state index contributed by atoms with van der Waals surface area (Å²) >= 11 is 0. The summed E-state index contributed by atoms with van der Waals surface area (Å²) in [4.78, 5) is 12.2. The standard InChI is InChI=1S/C15H25NO2/c1-3-18-13(17)14(2,16)15-7-10-4-11(8-15)6-12(5-10)9-15/h10-12H,3-9,16H2,1-2H3. The molecule has 3 nitrogen and oxygen atoms in total. The summed E-state index contributed by atoms with van der Waals surface area (Å²) in [6.07, 6.45) is 7.55. The number of rotatable bonds is 3. The molecule has 0 spiro atoms. The molecule has 0 amide bonds. The molecule has 0 aliphatic heterocycles. The van der Waals surface area contributed by atoms with Gasteiger partial charge in [-0.3, -0.25) is 4.79 Å². The molecule has 18 heavy (non-hydrogen) atoms. The molecular weight excluding hydrogens is 226 g/mol. The first kappa shape index (κ1) is 12.5. The van der Waals surface area contributed by atoms with Crippen LogP contribution < -0.4 is 5.73 Å². The Kier molecular flexibility index (Phi) is 2.74. The third kappa shape index (κ3) is 1.63. The fourth-order valence-corrected chi connectivity index (χ4v) is 5.24. The molecule has 0 saturated heterocycles. The smallest absolute Gasteiger partial charge is 0.326 e. The van der Waals surface area contributed by atoms with Crippen molar-refractivity contribution in [2.45, 2.75) is 57.9 Å². The Bertz CT molecular complexity index is 326. The van der Waals surface area contributed by atoms with E-state index in [1.807, 2.05) is 13.8 Å². The highest BCUT2D eigenvalue weighted by Crippen LogP contribution is 2.63. The summed E-state index contributed by atoms with van der Waals surface area (Å²) in [5.74, 6) is 2.25. The van der Waals surface area contributed by atoms with Crippen molar-refractivity contribution in [1.82, 2.24) is 0 Å². The monoisotopic (exact) mass is 251 g/mol. The lowest BCUT2D eigenvalue weighted by molar-refractivity contribution is -0.166. The Balaban J connectivity index is 1.88. The lowest BCUT2D eigenvalue weighted by atomic mass is 9.45.